The van der Waals surface area contributed by atoms with Crippen molar-refractivity contribution in [3.8, 4) is 5.75 Å². The van der Waals surface area contributed by atoms with E-state index in [4.69, 9.17) is 33.7 Å². The van der Waals surface area contributed by atoms with Gasteiger partial charge in [-0.25, -0.2) is 0 Å². The first-order valence-electron chi connectivity index (χ1n) is 6.49. The van der Waals surface area contributed by atoms with E-state index in [9.17, 15) is 4.79 Å². The summed E-state index contributed by atoms with van der Waals surface area (Å²) in [5, 5.41) is 0.966. The van der Waals surface area contributed by atoms with E-state index < -0.39 is 0 Å². The highest BCUT2D eigenvalue weighted by molar-refractivity contribution is 6.34. The molecule has 1 aromatic rings. The molecule has 1 saturated heterocycles. The van der Waals surface area contributed by atoms with Gasteiger partial charge in [0.05, 0.1) is 0 Å². The van der Waals surface area contributed by atoms with Crippen LogP contribution >= 0.6 is 23.2 Å². The first kappa shape index (κ1) is 15.4. The fourth-order valence-electron chi connectivity index (χ4n) is 2.25. The standard InChI is InChI=1S/C14H18Cl2N2O2/c1-14(8-17)2-3-18(9-14)13(19)7-20-12-5-10(15)4-11(16)6-12/h4-6H,2-3,7-9,17H2,1H3. The third kappa shape index (κ3) is 3.78. The van der Waals surface area contributed by atoms with Crippen molar-refractivity contribution in [2.45, 2.75) is 13.3 Å². The van der Waals surface area contributed by atoms with Gasteiger partial charge < -0.3 is 15.4 Å². The molecule has 2 rings (SSSR count). The first-order valence-corrected chi connectivity index (χ1v) is 7.24. The molecule has 110 valence electrons. The molecular formula is C14H18Cl2N2O2. The van der Waals surface area contributed by atoms with Crippen LogP contribution < -0.4 is 10.5 Å². The van der Waals surface area contributed by atoms with Gasteiger partial charge in [0, 0.05) is 23.1 Å². The van der Waals surface area contributed by atoms with E-state index in [2.05, 4.69) is 6.92 Å². The summed E-state index contributed by atoms with van der Waals surface area (Å²) < 4.78 is 5.45. The maximum absolute atomic E-state index is 12.1. The number of ether oxygens (including phenoxy) is 1. The molecular weight excluding hydrogens is 299 g/mol. The second kappa shape index (κ2) is 6.20. The van der Waals surface area contributed by atoms with Gasteiger partial charge >= 0.3 is 0 Å². The van der Waals surface area contributed by atoms with Gasteiger partial charge in [0.1, 0.15) is 5.75 Å². The summed E-state index contributed by atoms with van der Waals surface area (Å²) in [5.74, 6) is 0.454. The number of nitrogens with two attached hydrogens (primary N) is 1. The average molecular weight is 317 g/mol. The van der Waals surface area contributed by atoms with Crippen molar-refractivity contribution in [3.63, 3.8) is 0 Å². The van der Waals surface area contributed by atoms with Crippen molar-refractivity contribution in [2.75, 3.05) is 26.2 Å². The van der Waals surface area contributed by atoms with E-state index in [0.29, 0.717) is 28.9 Å². The van der Waals surface area contributed by atoms with Gasteiger partial charge in [0.15, 0.2) is 6.61 Å². The minimum absolute atomic E-state index is 0.0165. The Morgan fingerprint density at radius 2 is 2.05 bits per heavy atom. The number of hydrogen-bond acceptors (Lipinski definition) is 3. The Kier molecular flexibility index (Phi) is 4.78. The Balaban J connectivity index is 1.90. The summed E-state index contributed by atoms with van der Waals surface area (Å²) in [7, 11) is 0. The molecule has 0 spiro atoms. The maximum Gasteiger partial charge on any atom is 0.260 e. The predicted octanol–water partition coefficient (Wildman–Crippen LogP) is 2.57. The van der Waals surface area contributed by atoms with Crippen LogP contribution in [0.3, 0.4) is 0 Å². The highest BCUT2D eigenvalue weighted by Crippen LogP contribution is 2.29. The first-order chi connectivity index (χ1) is 9.42. The third-order valence-electron chi connectivity index (χ3n) is 3.60. The summed E-state index contributed by atoms with van der Waals surface area (Å²) >= 11 is 11.8. The number of halogens is 2. The number of carbonyl (C=O) groups is 1. The van der Waals surface area contributed by atoms with Crippen molar-refractivity contribution in [1.82, 2.24) is 4.90 Å². The third-order valence-corrected chi connectivity index (χ3v) is 4.04. The fraction of sp³-hybridized carbons (Fsp3) is 0.500. The van der Waals surface area contributed by atoms with Gasteiger partial charge in [-0.1, -0.05) is 30.1 Å². The largest absolute Gasteiger partial charge is 0.484 e. The summed E-state index contributed by atoms with van der Waals surface area (Å²) in [4.78, 5) is 13.9. The second-order valence-electron chi connectivity index (χ2n) is 5.47. The fourth-order valence-corrected chi connectivity index (χ4v) is 2.76. The van der Waals surface area contributed by atoms with Gasteiger partial charge in [0.2, 0.25) is 0 Å². The van der Waals surface area contributed by atoms with Crippen LogP contribution in [0.1, 0.15) is 13.3 Å². The number of hydrogen-bond donors (Lipinski definition) is 1. The number of likely N-dealkylation sites (tertiary alicyclic amines) is 1. The summed E-state index contributed by atoms with van der Waals surface area (Å²) in [6, 6.07) is 4.88. The lowest BCUT2D eigenvalue weighted by atomic mass is 9.90. The highest BCUT2D eigenvalue weighted by atomic mass is 35.5. The van der Waals surface area contributed by atoms with Gasteiger partial charge in [-0.05, 0) is 36.6 Å². The summed E-state index contributed by atoms with van der Waals surface area (Å²) in [6.45, 7) is 4.07. The lowest BCUT2D eigenvalue weighted by Crippen LogP contribution is -2.36. The Morgan fingerprint density at radius 3 is 2.60 bits per heavy atom. The van der Waals surface area contributed by atoms with Crippen molar-refractivity contribution < 1.29 is 9.53 Å². The predicted molar refractivity (Wildman–Crippen MR) is 80.3 cm³/mol. The number of rotatable bonds is 4. The maximum atomic E-state index is 12.1. The lowest BCUT2D eigenvalue weighted by Gasteiger charge is -2.22. The molecule has 1 aliphatic heterocycles. The number of benzene rings is 1. The Hall–Kier alpha value is -0.970. The molecule has 1 aromatic carbocycles. The molecule has 4 nitrogen and oxygen atoms in total. The molecule has 1 unspecified atom stereocenters. The molecule has 20 heavy (non-hydrogen) atoms. The lowest BCUT2D eigenvalue weighted by molar-refractivity contribution is -0.132. The number of amides is 1. The van der Waals surface area contributed by atoms with Crippen LogP contribution in [0.15, 0.2) is 18.2 Å². The smallest absolute Gasteiger partial charge is 0.260 e. The van der Waals surface area contributed by atoms with Crippen molar-refractivity contribution in [3.05, 3.63) is 28.2 Å². The van der Waals surface area contributed by atoms with Crippen LogP contribution in [0.25, 0.3) is 0 Å². The Morgan fingerprint density at radius 1 is 1.40 bits per heavy atom. The van der Waals surface area contributed by atoms with Crippen LogP contribution in [-0.2, 0) is 4.79 Å². The Labute approximate surface area is 128 Å². The molecule has 1 aliphatic rings. The summed E-state index contributed by atoms with van der Waals surface area (Å²) in [5.41, 5.74) is 5.75. The second-order valence-corrected chi connectivity index (χ2v) is 6.35. The van der Waals surface area contributed by atoms with Crippen molar-refractivity contribution in [1.29, 1.82) is 0 Å². The quantitative estimate of drug-likeness (QED) is 0.928. The van der Waals surface area contributed by atoms with E-state index in [1.165, 1.54) is 0 Å². The molecule has 1 heterocycles. The summed E-state index contributed by atoms with van der Waals surface area (Å²) in [6.07, 6.45) is 0.929. The van der Waals surface area contributed by atoms with Crippen LogP contribution in [-0.4, -0.2) is 37.0 Å². The zero-order chi connectivity index (χ0) is 14.8. The normalized spacial score (nSPS) is 22.1. The average Bonchev–Trinajstić information content (AvgIpc) is 2.78. The van der Waals surface area contributed by atoms with Gasteiger partial charge in [-0.3, -0.25) is 4.79 Å². The molecule has 0 bridgehead atoms. The van der Waals surface area contributed by atoms with Gasteiger partial charge in [-0.2, -0.15) is 0 Å². The van der Waals surface area contributed by atoms with Crippen LogP contribution in [0.5, 0.6) is 5.75 Å². The number of carbonyl (C=O) groups excluding carboxylic acids is 1. The molecule has 0 radical (unpaired) electrons. The van der Waals surface area contributed by atoms with E-state index in [0.717, 1.165) is 13.0 Å². The van der Waals surface area contributed by atoms with E-state index >= 15 is 0 Å². The molecule has 1 amide bonds. The van der Waals surface area contributed by atoms with Crippen LogP contribution in [0.2, 0.25) is 10.0 Å². The topological polar surface area (TPSA) is 55.6 Å². The molecule has 6 heteroatoms. The van der Waals surface area contributed by atoms with Crippen molar-refractivity contribution in [2.24, 2.45) is 11.1 Å². The van der Waals surface area contributed by atoms with Crippen molar-refractivity contribution >= 4 is 29.1 Å². The minimum Gasteiger partial charge on any atom is -0.484 e. The van der Waals surface area contributed by atoms with Crippen LogP contribution in [0, 0.1) is 5.41 Å². The van der Waals surface area contributed by atoms with Gasteiger partial charge in [0.25, 0.3) is 5.91 Å². The molecule has 1 fully saturated rings. The SMILES string of the molecule is CC1(CN)CCN(C(=O)COc2cc(Cl)cc(Cl)c2)C1. The minimum atomic E-state index is -0.0433. The zero-order valence-electron chi connectivity index (χ0n) is 11.4. The molecule has 0 aliphatic carbocycles. The zero-order valence-corrected chi connectivity index (χ0v) is 12.9. The van der Waals surface area contributed by atoms with Crippen LogP contribution in [0.4, 0.5) is 0 Å². The molecule has 0 saturated carbocycles. The van der Waals surface area contributed by atoms with E-state index in [1.807, 2.05) is 0 Å². The molecule has 0 aromatic heterocycles. The van der Waals surface area contributed by atoms with E-state index in [1.54, 1.807) is 23.1 Å². The monoisotopic (exact) mass is 316 g/mol. The number of nitrogens with zero attached hydrogens (tertiary/aromatic N) is 1. The van der Waals surface area contributed by atoms with E-state index in [-0.39, 0.29) is 17.9 Å². The highest BCUT2D eigenvalue weighted by Gasteiger charge is 2.34. The molecule has 2 N–H and O–H groups in total. The Bertz CT molecular complexity index is 490. The van der Waals surface area contributed by atoms with Gasteiger partial charge in [-0.15, -0.1) is 0 Å². The molecule has 1 atom stereocenters.